The van der Waals surface area contributed by atoms with Crippen molar-refractivity contribution in [2.45, 2.75) is 25.2 Å². The van der Waals surface area contributed by atoms with Crippen molar-refractivity contribution in [2.75, 3.05) is 19.9 Å². The lowest BCUT2D eigenvalue weighted by Crippen LogP contribution is -2.28. The Bertz CT molecular complexity index is 729. The van der Waals surface area contributed by atoms with Crippen LogP contribution in [0.15, 0.2) is 48.5 Å². The number of benzene rings is 2. The van der Waals surface area contributed by atoms with E-state index in [-0.39, 0.29) is 5.91 Å². The molecule has 4 heteroatoms. The zero-order chi connectivity index (χ0) is 16.4. The first-order valence-corrected chi connectivity index (χ1v) is 8.51. The van der Waals surface area contributed by atoms with Gasteiger partial charge >= 0.3 is 0 Å². The molecule has 0 spiro atoms. The van der Waals surface area contributed by atoms with Gasteiger partial charge in [-0.2, -0.15) is 0 Å². The molecule has 2 aromatic rings. The average Bonchev–Trinajstić information content (AvgIpc) is 3.29. The van der Waals surface area contributed by atoms with Crippen molar-refractivity contribution >= 4 is 5.91 Å². The molecular formula is C20H21NO3. The van der Waals surface area contributed by atoms with Gasteiger partial charge in [0.25, 0.3) is 0 Å². The topological polar surface area (TPSA) is 38.8 Å². The maximum atomic E-state index is 12.5. The first-order valence-electron chi connectivity index (χ1n) is 8.51. The summed E-state index contributed by atoms with van der Waals surface area (Å²) in [5.74, 6) is 2.27. The Morgan fingerprint density at radius 2 is 1.92 bits per heavy atom. The third-order valence-electron chi connectivity index (χ3n) is 4.88. The first-order chi connectivity index (χ1) is 11.8. The van der Waals surface area contributed by atoms with Crippen LogP contribution in [0.4, 0.5) is 0 Å². The fourth-order valence-electron chi connectivity index (χ4n) is 3.48. The van der Waals surface area contributed by atoms with Gasteiger partial charge in [-0.1, -0.05) is 36.4 Å². The van der Waals surface area contributed by atoms with E-state index in [0.29, 0.717) is 19.1 Å². The number of amides is 1. The highest BCUT2D eigenvalue weighted by Gasteiger charge is 2.28. The van der Waals surface area contributed by atoms with Gasteiger partial charge in [-0.15, -0.1) is 0 Å². The molecule has 24 heavy (non-hydrogen) atoms. The van der Waals surface area contributed by atoms with Crippen LogP contribution in [-0.2, 0) is 11.2 Å². The summed E-state index contributed by atoms with van der Waals surface area (Å²) in [5.41, 5.74) is 2.45. The molecule has 2 aromatic carbocycles. The summed E-state index contributed by atoms with van der Waals surface area (Å²) in [4.78, 5) is 14.5. The molecule has 1 unspecified atom stereocenters. The number of hydrogen-bond donors (Lipinski definition) is 0. The molecule has 1 amide bonds. The Morgan fingerprint density at radius 1 is 1.08 bits per heavy atom. The van der Waals surface area contributed by atoms with Gasteiger partial charge < -0.3 is 14.4 Å². The molecule has 124 valence electrons. The van der Waals surface area contributed by atoms with Crippen molar-refractivity contribution in [1.29, 1.82) is 0 Å². The number of fused-ring (bicyclic) bond motifs is 1. The van der Waals surface area contributed by atoms with Crippen LogP contribution in [0.2, 0.25) is 0 Å². The number of carbonyl (C=O) groups is 1. The van der Waals surface area contributed by atoms with Crippen LogP contribution in [-0.4, -0.2) is 30.7 Å². The maximum Gasteiger partial charge on any atom is 0.231 e. The second kappa shape index (κ2) is 6.56. The molecule has 4 rings (SSSR count). The molecule has 0 N–H and O–H groups in total. The van der Waals surface area contributed by atoms with E-state index in [1.165, 1.54) is 11.1 Å². The van der Waals surface area contributed by atoms with Crippen LogP contribution in [0.3, 0.4) is 0 Å². The van der Waals surface area contributed by atoms with Gasteiger partial charge in [0.05, 0.1) is 0 Å². The second-order valence-electron chi connectivity index (χ2n) is 6.42. The summed E-state index contributed by atoms with van der Waals surface area (Å²) in [6.07, 6.45) is 2.40. The molecule has 0 bridgehead atoms. The monoisotopic (exact) mass is 323 g/mol. The minimum absolute atomic E-state index is 0.252. The number of ether oxygens (including phenoxy) is 2. The smallest absolute Gasteiger partial charge is 0.231 e. The first kappa shape index (κ1) is 15.1. The van der Waals surface area contributed by atoms with Gasteiger partial charge in [0, 0.05) is 25.4 Å². The van der Waals surface area contributed by atoms with Crippen molar-refractivity contribution in [3.63, 3.8) is 0 Å². The van der Waals surface area contributed by atoms with E-state index >= 15 is 0 Å². The summed E-state index contributed by atoms with van der Waals surface area (Å²) in [7, 11) is 0. The molecule has 1 fully saturated rings. The standard InChI is InChI=1S/C20H21NO3/c22-20(9-6-15-4-2-1-3-5-15)21-11-10-17(13-21)16-7-8-18-19(12-16)24-14-23-18/h1-5,7-8,12,17H,6,9-11,13-14H2. The van der Waals surface area contributed by atoms with Gasteiger partial charge in [0.15, 0.2) is 11.5 Å². The lowest BCUT2D eigenvalue weighted by molar-refractivity contribution is -0.130. The van der Waals surface area contributed by atoms with E-state index in [9.17, 15) is 4.79 Å². The van der Waals surface area contributed by atoms with Crippen LogP contribution >= 0.6 is 0 Å². The highest BCUT2D eigenvalue weighted by Crippen LogP contribution is 2.37. The van der Waals surface area contributed by atoms with Crippen molar-refractivity contribution in [2.24, 2.45) is 0 Å². The minimum atomic E-state index is 0.252. The summed E-state index contributed by atoms with van der Waals surface area (Å²) in [5, 5.41) is 0. The summed E-state index contributed by atoms with van der Waals surface area (Å²) >= 11 is 0. The van der Waals surface area contributed by atoms with Crippen LogP contribution in [0, 0.1) is 0 Å². The number of carbonyl (C=O) groups excluding carboxylic acids is 1. The van der Waals surface area contributed by atoms with Crippen LogP contribution < -0.4 is 9.47 Å². The predicted molar refractivity (Wildman–Crippen MR) is 91.3 cm³/mol. The van der Waals surface area contributed by atoms with Gasteiger partial charge in [-0.3, -0.25) is 4.79 Å². The van der Waals surface area contributed by atoms with Gasteiger partial charge in [-0.05, 0) is 36.1 Å². The lowest BCUT2D eigenvalue weighted by Gasteiger charge is -2.17. The quantitative estimate of drug-likeness (QED) is 0.866. The summed E-state index contributed by atoms with van der Waals surface area (Å²) in [6, 6.07) is 16.3. The molecule has 0 radical (unpaired) electrons. The Labute approximate surface area is 142 Å². The minimum Gasteiger partial charge on any atom is -0.454 e. The Hall–Kier alpha value is -2.49. The van der Waals surface area contributed by atoms with E-state index in [4.69, 9.17) is 9.47 Å². The number of hydrogen-bond acceptors (Lipinski definition) is 3. The van der Waals surface area contributed by atoms with Gasteiger partial charge in [0.1, 0.15) is 0 Å². The summed E-state index contributed by atoms with van der Waals surface area (Å²) < 4.78 is 10.8. The van der Waals surface area contributed by atoms with Gasteiger partial charge in [0.2, 0.25) is 12.7 Å². The Kier molecular flexibility index (Phi) is 4.11. The van der Waals surface area contributed by atoms with E-state index < -0.39 is 0 Å². The SMILES string of the molecule is O=C(CCc1ccccc1)N1CCC(c2ccc3c(c2)OCO3)C1. The van der Waals surface area contributed by atoms with E-state index in [1.54, 1.807) is 0 Å². The van der Waals surface area contributed by atoms with Gasteiger partial charge in [-0.25, -0.2) is 0 Å². The molecular weight excluding hydrogens is 302 g/mol. The molecule has 2 heterocycles. The van der Waals surface area contributed by atoms with Crippen molar-refractivity contribution in [3.05, 3.63) is 59.7 Å². The zero-order valence-electron chi connectivity index (χ0n) is 13.6. The number of likely N-dealkylation sites (tertiary alicyclic amines) is 1. The van der Waals surface area contributed by atoms with Crippen molar-refractivity contribution in [3.8, 4) is 11.5 Å². The Morgan fingerprint density at radius 3 is 2.79 bits per heavy atom. The molecule has 1 saturated heterocycles. The maximum absolute atomic E-state index is 12.5. The number of rotatable bonds is 4. The summed E-state index contributed by atoms with van der Waals surface area (Å²) in [6.45, 7) is 1.94. The van der Waals surface area contributed by atoms with Crippen LogP contribution in [0.5, 0.6) is 11.5 Å². The fourth-order valence-corrected chi connectivity index (χ4v) is 3.48. The molecule has 2 aliphatic heterocycles. The largest absolute Gasteiger partial charge is 0.454 e. The van der Waals surface area contributed by atoms with Crippen molar-refractivity contribution in [1.82, 2.24) is 4.90 Å². The van der Waals surface area contributed by atoms with E-state index in [2.05, 4.69) is 24.3 Å². The Balaban J connectivity index is 1.35. The van der Waals surface area contributed by atoms with Crippen LogP contribution in [0.25, 0.3) is 0 Å². The molecule has 0 aliphatic carbocycles. The third-order valence-corrected chi connectivity index (χ3v) is 4.88. The van der Waals surface area contributed by atoms with Crippen LogP contribution in [0.1, 0.15) is 29.9 Å². The number of nitrogens with zero attached hydrogens (tertiary/aromatic N) is 1. The second-order valence-corrected chi connectivity index (χ2v) is 6.42. The molecule has 4 nitrogen and oxygen atoms in total. The zero-order valence-corrected chi connectivity index (χ0v) is 13.6. The number of aryl methyl sites for hydroxylation is 1. The average molecular weight is 323 g/mol. The molecule has 0 saturated carbocycles. The fraction of sp³-hybridized carbons (Fsp3) is 0.350. The highest BCUT2D eigenvalue weighted by molar-refractivity contribution is 5.77. The molecule has 2 aliphatic rings. The highest BCUT2D eigenvalue weighted by atomic mass is 16.7. The van der Waals surface area contributed by atoms with E-state index in [0.717, 1.165) is 37.4 Å². The molecule has 0 aromatic heterocycles. The predicted octanol–water partition coefficient (Wildman–Crippen LogP) is 3.36. The normalized spacial score (nSPS) is 18.8. The third kappa shape index (κ3) is 3.09. The van der Waals surface area contributed by atoms with Crippen molar-refractivity contribution < 1.29 is 14.3 Å². The van der Waals surface area contributed by atoms with E-state index in [1.807, 2.05) is 29.2 Å². The molecule has 1 atom stereocenters. The lowest BCUT2D eigenvalue weighted by atomic mass is 9.98.